The standard InChI is InChI=1S/C9H10O2/c1-6-4-5-7(2)9(11-3)8(6)10/h4-5H,1H2,2-3H3. The first-order valence-electron chi connectivity index (χ1n) is 3.33. The summed E-state index contributed by atoms with van der Waals surface area (Å²) in [7, 11) is 1.49. The number of Topliss-reactive ketones (excluding diaryl/α,β-unsaturated/α-hetero) is 1. The van der Waals surface area contributed by atoms with Gasteiger partial charge in [-0.2, -0.15) is 0 Å². The predicted molar refractivity (Wildman–Crippen MR) is 43.0 cm³/mol. The molecular weight excluding hydrogens is 140 g/mol. The number of hydrogen-bond acceptors (Lipinski definition) is 2. The average molecular weight is 150 g/mol. The van der Waals surface area contributed by atoms with Crippen LogP contribution in [0.15, 0.2) is 35.6 Å². The van der Waals surface area contributed by atoms with Crippen molar-refractivity contribution in [3.63, 3.8) is 0 Å². The van der Waals surface area contributed by atoms with Crippen LogP contribution in [0.5, 0.6) is 0 Å². The maximum absolute atomic E-state index is 11.2. The van der Waals surface area contributed by atoms with Crippen molar-refractivity contribution in [3.05, 3.63) is 35.6 Å². The number of carbonyl (C=O) groups is 1. The van der Waals surface area contributed by atoms with Gasteiger partial charge in [0.1, 0.15) is 0 Å². The second-order valence-corrected chi connectivity index (χ2v) is 2.40. The van der Waals surface area contributed by atoms with Gasteiger partial charge in [-0.1, -0.05) is 18.7 Å². The lowest BCUT2D eigenvalue weighted by atomic mass is 10.0. The minimum absolute atomic E-state index is 0.118. The number of methoxy groups -OCH3 is 1. The van der Waals surface area contributed by atoms with Crippen LogP contribution < -0.4 is 0 Å². The molecule has 0 spiro atoms. The van der Waals surface area contributed by atoms with E-state index < -0.39 is 0 Å². The Morgan fingerprint density at radius 2 is 2.09 bits per heavy atom. The molecule has 0 aliphatic heterocycles. The van der Waals surface area contributed by atoms with Crippen LogP contribution >= 0.6 is 0 Å². The highest BCUT2D eigenvalue weighted by Crippen LogP contribution is 2.18. The highest BCUT2D eigenvalue weighted by atomic mass is 16.5. The van der Waals surface area contributed by atoms with Crippen LogP contribution in [0.2, 0.25) is 0 Å². The quantitative estimate of drug-likeness (QED) is 0.531. The number of allylic oxidation sites excluding steroid dienone is 4. The van der Waals surface area contributed by atoms with Gasteiger partial charge in [0, 0.05) is 5.57 Å². The van der Waals surface area contributed by atoms with Crippen LogP contribution in [0.4, 0.5) is 0 Å². The van der Waals surface area contributed by atoms with E-state index in [9.17, 15) is 4.79 Å². The molecule has 1 rings (SSSR count). The molecule has 1 aliphatic carbocycles. The molecule has 2 nitrogen and oxygen atoms in total. The lowest BCUT2D eigenvalue weighted by molar-refractivity contribution is -0.114. The molecule has 1 aliphatic rings. The van der Waals surface area contributed by atoms with E-state index >= 15 is 0 Å². The summed E-state index contributed by atoms with van der Waals surface area (Å²) in [5, 5.41) is 0. The second kappa shape index (κ2) is 2.74. The molecule has 0 bridgehead atoms. The van der Waals surface area contributed by atoms with Crippen molar-refractivity contribution in [2.75, 3.05) is 7.11 Å². The molecule has 0 fully saturated rings. The summed E-state index contributed by atoms with van der Waals surface area (Å²) in [5.74, 6) is 0.282. The molecule has 0 unspecified atom stereocenters. The minimum Gasteiger partial charge on any atom is -0.492 e. The highest BCUT2D eigenvalue weighted by molar-refractivity contribution is 6.10. The first kappa shape index (κ1) is 7.79. The summed E-state index contributed by atoms with van der Waals surface area (Å²) >= 11 is 0. The third-order valence-corrected chi connectivity index (χ3v) is 1.59. The van der Waals surface area contributed by atoms with E-state index in [1.54, 1.807) is 6.08 Å². The van der Waals surface area contributed by atoms with Crippen molar-refractivity contribution in [2.45, 2.75) is 6.92 Å². The smallest absolute Gasteiger partial charge is 0.227 e. The fraction of sp³-hybridized carbons (Fsp3) is 0.222. The fourth-order valence-electron chi connectivity index (χ4n) is 0.956. The topological polar surface area (TPSA) is 26.3 Å². The average Bonchev–Trinajstić information content (AvgIpc) is 1.99. The van der Waals surface area contributed by atoms with E-state index in [-0.39, 0.29) is 5.78 Å². The second-order valence-electron chi connectivity index (χ2n) is 2.40. The molecule has 0 saturated heterocycles. The fourth-order valence-corrected chi connectivity index (χ4v) is 0.956. The molecule has 11 heavy (non-hydrogen) atoms. The van der Waals surface area contributed by atoms with Crippen LogP contribution in [0.25, 0.3) is 0 Å². The summed E-state index contributed by atoms with van der Waals surface area (Å²) in [6, 6.07) is 0. The van der Waals surface area contributed by atoms with Gasteiger partial charge in [-0.05, 0) is 12.5 Å². The van der Waals surface area contributed by atoms with E-state index in [0.717, 1.165) is 5.57 Å². The predicted octanol–water partition coefficient (Wildman–Crippen LogP) is 1.60. The molecule has 0 heterocycles. The first-order chi connectivity index (χ1) is 5.16. The number of hydrogen-bond donors (Lipinski definition) is 0. The Labute approximate surface area is 65.9 Å². The van der Waals surface area contributed by atoms with Gasteiger partial charge in [0.25, 0.3) is 0 Å². The van der Waals surface area contributed by atoms with Crippen LogP contribution in [0.1, 0.15) is 6.92 Å². The zero-order valence-corrected chi connectivity index (χ0v) is 6.68. The Hall–Kier alpha value is -1.31. The van der Waals surface area contributed by atoms with Gasteiger partial charge in [0.15, 0.2) is 5.76 Å². The number of ketones is 1. The van der Waals surface area contributed by atoms with Gasteiger partial charge in [-0.3, -0.25) is 4.79 Å². The molecule has 0 aromatic rings. The zero-order valence-electron chi connectivity index (χ0n) is 6.68. The summed E-state index contributed by atoms with van der Waals surface area (Å²) < 4.78 is 4.90. The van der Waals surface area contributed by atoms with Crippen LogP contribution in [-0.4, -0.2) is 12.9 Å². The monoisotopic (exact) mass is 150 g/mol. The molecule has 0 amide bonds. The van der Waals surface area contributed by atoms with Crippen LogP contribution in [0, 0.1) is 0 Å². The van der Waals surface area contributed by atoms with E-state index in [4.69, 9.17) is 4.74 Å². The van der Waals surface area contributed by atoms with Crippen molar-refractivity contribution in [1.29, 1.82) is 0 Å². The van der Waals surface area contributed by atoms with Gasteiger partial charge in [-0.15, -0.1) is 0 Å². The lowest BCUT2D eigenvalue weighted by Crippen LogP contribution is -2.10. The molecular formula is C9H10O2. The Bertz CT molecular complexity index is 269. The van der Waals surface area contributed by atoms with E-state index in [2.05, 4.69) is 6.58 Å². The van der Waals surface area contributed by atoms with E-state index in [1.165, 1.54) is 7.11 Å². The van der Waals surface area contributed by atoms with Crippen molar-refractivity contribution >= 4 is 5.78 Å². The molecule has 0 saturated carbocycles. The summed E-state index contributed by atoms with van der Waals surface area (Å²) in [6.07, 6.45) is 3.52. The molecule has 0 N–H and O–H groups in total. The van der Waals surface area contributed by atoms with Crippen molar-refractivity contribution in [1.82, 2.24) is 0 Å². The maximum atomic E-state index is 11.2. The van der Waals surface area contributed by atoms with Crippen molar-refractivity contribution < 1.29 is 9.53 Å². The molecule has 0 radical (unpaired) electrons. The zero-order chi connectivity index (χ0) is 8.43. The van der Waals surface area contributed by atoms with Crippen LogP contribution in [-0.2, 0) is 9.53 Å². The van der Waals surface area contributed by atoms with Gasteiger partial charge in [0.2, 0.25) is 5.78 Å². The number of carbonyl (C=O) groups excluding carboxylic acids is 1. The van der Waals surface area contributed by atoms with Crippen LogP contribution in [0.3, 0.4) is 0 Å². The van der Waals surface area contributed by atoms with Gasteiger partial charge < -0.3 is 4.74 Å². The first-order valence-corrected chi connectivity index (χ1v) is 3.33. The Balaban J connectivity index is 3.09. The summed E-state index contributed by atoms with van der Waals surface area (Å²) in [6.45, 7) is 5.41. The normalized spacial score (nSPS) is 17.6. The van der Waals surface area contributed by atoms with E-state index in [1.807, 2.05) is 13.0 Å². The third kappa shape index (κ3) is 1.24. The van der Waals surface area contributed by atoms with Crippen molar-refractivity contribution in [3.8, 4) is 0 Å². The number of ether oxygens (including phenoxy) is 1. The largest absolute Gasteiger partial charge is 0.492 e. The lowest BCUT2D eigenvalue weighted by Gasteiger charge is -2.11. The molecule has 0 aromatic carbocycles. The summed E-state index contributed by atoms with van der Waals surface area (Å²) in [5.41, 5.74) is 1.33. The molecule has 58 valence electrons. The minimum atomic E-state index is -0.118. The summed E-state index contributed by atoms with van der Waals surface area (Å²) in [4.78, 5) is 11.2. The van der Waals surface area contributed by atoms with Crippen molar-refractivity contribution in [2.24, 2.45) is 0 Å². The molecule has 0 atom stereocenters. The van der Waals surface area contributed by atoms with Gasteiger partial charge >= 0.3 is 0 Å². The highest BCUT2D eigenvalue weighted by Gasteiger charge is 2.17. The molecule has 0 aromatic heterocycles. The SMILES string of the molecule is C=C1C=CC(C)=C(OC)C1=O. The van der Waals surface area contributed by atoms with Gasteiger partial charge in [-0.25, -0.2) is 0 Å². The van der Waals surface area contributed by atoms with E-state index in [0.29, 0.717) is 11.3 Å². The van der Waals surface area contributed by atoms with Gasteiger partial charge in [0.05, 0.1) is 7.11 Å². The maximum Gasteiger partial charge on any atom is 0.227 e. The third-order valence-electron chi connectivity index (χ3n) is 1.59. The Morgan fingerprint density at radius 3 is 2.55 bits per heavy atom. The Kier molecular flexibility index (Phi) is 1.94. The Morgan fingerprint density at radius 1 is 1.45 bits per heavy atom. The molecule has 2 heteroatoms. The number of rotatable bonds is 1.